The Kier molecular flexibility index (Phi) is 5.21. The smallest absolute Gasteiger partial charge is 0.407 e. The lowest BCUT2D eigenvalue weighted by molar-refractivity contribution is 0.139. The predicted octanol–water partition coefficient (Wildman–Crippen LogP) is 4.41. The molecule has 0 spiro atoms. The van der Waals surface area contributed by atoms with Gasteiger partial charge in [0.05, 0.1) is 0 Å². The molecule has 0 aliphatic rings. The first kappa shape index (κ1) is 16.1. The molecule has 0 atom stereocenters. The van der Waals surface area contributed by atoms with Gasteiger partial charge in [0.15, 0.2) is 0 Å². The lowest BCUT2D eigenvalue weighted by Gasteiger charge is -2.19. The van der Waals surface area contributed by atoms with E-state index >= 15 is 0 Å². The predicted molar refractivity (Wildman–Crippen MR) is 88.6 cm³/mol. The number of rotatable bonds is 4. The van der Waals surface area contributed by atoms with E-state index in [4.69, 9.17) is 4.74 Å². The average Bonchev–Trinajstić information content (AvgIpc) is 2.51. The van der Waals surface area contributed by atoms with Crippen molar-refractivity contribution in [3.63, 3.8) is 0 Å². The van der Waals surface area contributed by atoms with E-state index in [9.17, 15) is 4.79 Å². The van der Waals surface area contributed by atoms with Crippen molar-refractivity contribution in [1.82, 2.24) is 5.32 Å². The van der Waals surface area contributed by atoms with Crippen molar-refractivity contribution in [3.05, 3.63) is 71.3 Å². The van der Waals surface area contributed by atoms with E-state index in [0.717, 1.165) is 11.1 Å². The molecule has 0 aliphatic carbocycles. The molecule has 22 heavy (non-hydrogen) atoms. The highest BCUT2D eigenvalue weighted by atomic mass is 16.5. The van der Waals surface area contributed by atoms with Gasteiger partial charge in [-0.2, -0.15) is 0 Å². The number of nitrogens with one attached hydrogen (secondary N) is 1. The first-order chi connectivity index (χ1) is 10.4. The molecule has 2 rings (SSSR count). The summed E-state index contributed by atoms with van der Waals surface area (Å²) < 4.78 is 5.18. The van der Waals surface area contributed by atoms with Crippen LogP contribution in [0.4, 0.5) is 4.79 Å². The highest BCUT2D eigenvalue weighted by Crippen LogP contribution is 2.22. The van der Waals surface area contributed by atoms with Gasteiger partial charge in [0.2, 0.25) is 0 Å². The van der Waals surface area contributed by atoms with Crippen molar-refractivity contribution < 1.29 is 9.53 Å². The number of hydrogen-bond donors (Lipinski definition) is 1. The quantitative estimate of drug-likeness (QED) is 0.907. The molecule has 2 aromatic carbocycles. The maximum absolute atomic E-state index is 11.7. The average molecular weight is 297 g/mol. The molecule has 0 heterocycles. The van der Waals surface area contributed by atoms with Crippen LogP contribution in [0.2, 0.25) is 0 Å². The van der Waals surface area contributed by atoms with Crippen molar-refractivity contribution in [2.75, 3.05) is 0 Å². The fraction of sp³-hybridized carbons (Fsp3) is 0.316. The Balaban J connectivity index is 1.79. The van der Waals surface area contributed by atoms with Crippen LogP contribution in [-0.4, -0.2) is 6.09 Å². The van der Waals surface area contributed by atoms with Crippen molar-refractivity contribution in [3.8, 4) is 0 Å². The molecule has 1 N–H and O–H groups in total. The van der Waals surface area contributed by atoms with E-state index in [1.54, 1.807) is 0 Å². The number of carbonyl (C=O) groups is 1. The minimum atomic E-state index is -0.399. The van der Waals surface area contributed by atoms with E-state index in [2.05, 4.69) is 38.2 Å². The van der Waals surface area contributed by atoms with Gasteiger partial charge in [0.1, 0.15) is 6.61 Å². The van der Waals surface area contributed by atoms with Gasteiger partial charge >= 0.3 is 6.09 Å². The summed E-state index contributed by atoms with van der Waals surface area (Å²) in [5.74, 6) is 0. The van der Waals surface area contributed by atoms with Gasteiger partial charge < -0.3 is 10.1 Å². The molecule has 0 bridgehead atoms. The standard InChI is InChI=1S/C19H23NO2/c1-19(2,3)17-11-9-15(10-12-17)13-20-18(21)22-14-16-7-5-4-6-8-16/h4-12H,13-14H2,1-3H3,(H,20,21). The molecule has 0 saturated carbocycles. The number of benzene rings is 2. The Hall–Kier alpha value is -2.29. The summed E-state index contributed by atoms with van der Waals surface area (Å²) in [6.45, 7) is 7.30. The summed E-state index contributed by atoms with van der Waals surface area (Å²) in [4.78, 5) is 11.7. The molecule has 116 valence electrons. The number of carbonyl (C=O) groups excluding carboxylic acids is 1. The summed E-state index contributed by atoms with van der Waals surface area (Å²) in [6.07, 6.45) is -0.399. The van der Waals surface area contributed by atoms with E-state index in [1.165, 1.54) is 5.56 Å². The minimum Gasteiger partial charge on any atom is -0.445 e. The Morgan fingerprint density at radius 3 is 2.18 bits per heavy atom. The molecular weight excluding hydrogens is 274 g/mol. The Labute approximate surface area is 132 Å². The fourth-order valence-electron chi connectivity index (χ4n) is 2.07. The second-order valence-electron chi connectivity index (χ2n) is 6.36. The van der Waals surface area contributed by atoms with Crippen LogP contribution in [0.25, 0.3) is 0 Å². The first-order valence-corrected chi connectivity index (χ1v) is 7.49. The lowest BCUT2D eigenvalue weighted by atomic mass is 9.87. The zero-order chi connectivity index (χ0) is 16.0. The van der Waals surface area contributed by atoms with Crippen LogP contribution in [0.15, 0.2) is 54.6 Å². The van der Waals surface area contributed by atoms with E-state index in [1.807, 2.05) is 42.5 Å². The Morgan fingerprint density at radius 2 is 1.59 bits per heavy atom. The number of hydrogen-bond acceptors (Lipinski definition) is 2. The van der Waals surface area contributed by atoms with E-state index in [0.29, 0.717) is 6.54 Å². The molecule has 3 nitrogen and oxygen atoms in total. The molecule has 1 amide bonds. The van der Waals surface area contributed by atoms with Crippen molar-refractivity contribution in [1.29, 1.82) is 0 Å². The first-order valence-electron chi connectivity index (χ1n) is 7.49. The van der Waals surface area contributed by atoms with Crippen LogP contribution in [0.1, 0.15) is 37.5 Å². The van der Waals surface area contributed by atoms with Crippen molar-refractivity contribution in [2.45, 2.75) is 39.3 Å². The number of amides is 1. The fourth-order valence-corrected chi connectivity index (χ4v) is 2.07. The van der Waals surface area contributed by atoms with Crippen LogP contribution in [0.5, 0.6) is 0 Å². The summed E-state index contributed by atoms with van der Waals surface area (Å²) in [5, 5.41) is 2.77. The normalized spacial score (nSPS) is 11.0. The molecule has 0 saturated heterocycles. The van der Waals surface area contributed by atoms with Crippen LogP contribution < -0.4 is 5.32 Å². The van der Waals surface area contributed by atoms with E-state index < -0.39 is 6.09 Å². The zero-order valence-electron chi connectivity index (χ0n) is 13.4. The van der Waals surface area contributed by atoms with Crippen molar-refractivity contribution >= 4 is 6.09 Å². The van der Waals surface area contributed by atoms with Gasteiger partial charge in [-0.3, -0.25) is 0 Å². The second kappa shape index (κ2) is 7.12. The summed E-state index contributed by atoms with van der Waals surface area (Å²) >= 11 is 0. The maximum atomic E-state index is 11.7. The molecule has 0 radical (unpaired) electrons. The van der Waals surface area contributed by atoms with Crippen LogP contribution >= 0.6 is 0 Å². The Morgan fingerprint density at radius 1 is 0.955 bits per heavy atom. The molecule has 0 aromatic heterocycles. The van der Waals surface area contributed by atoms with Gasteiger partial charge in [-0.25, -0.2) is 4.79 Å². The summed E-state index contributed by atoms with van der Waals surface area (Å²) in [5.41, 5.74) is 3.46. The molecule has 0 aliphatic heterocycles. The molecular formula is C19H23NO2. The van der Waals surface area contributed by atoms with Gasteiger partial charge in [0, 0.05) is 6.54 Å². The maximum Gasteiger partial charge on any atom is 0.407 e. The third kappa shape index (κ3) is 4.92. The van der Waals surface area contributed by atoms with E-state index in [-0.39, 0.29) is 12.0 Å². The topological polar surface area (TPSA) is 38.3 Å². The number of alkyl carbamates (subject to hydrolysis) is 1. The summed E-state index contributed by atoms with van der Waals surface area (Å²) in [7, 11) is 0. The highest BCUT2D eigenvalue weighted by Gasteiger charge is 2.12. The van der Waals surface area contributed by atoms with Crippen LogP contribution in [-0.2, 0) is 23.3 Å². The van der Waals surface area contributed by atoms with Gasteiger partial charge in [-0.05, 0) is 22.1 Å². The monoisotopic (exact) mass is 297 g/mol. The van der Waals surface area contributed by atoms with Gasteiger partial charge in [-0.15, -0.1) is 0 Å². The Bertz CT molecular complexity index is 598. The van der Waals surface area contributed by atoms with Crippen LogP contribution in [0, 0.1) is 0 Å². The van der Waals surface area contributed by atoms with Gasteiger partial charge in [-0.1, -0.05) is 75.4 Å². The third-order valence-corrected chi connectivity index (χ3v) is 3.47. The molecule has 0 unspecified atom stereocenters. The highest BCUT2D eigenvalue weighted by molar-refractivity contribution is 5.67. The summed E-state index contributed by atoms with van der Waals surface area (Å²) in [6, 6.07) is 17.9. The SMILES string of the molecule is CC(C)(C)c1ccc(CNC(=O)OCc2ccccc2)cc1. The third-order valence-electron chi connectivity index (χ3n) is 3.47. The molecule has 3 heteroatoms. The largest absolute Gasteiger partial charge is 0.445 e. The second-order valence-corrected chi connectivity index (χ2v) is 6.36. The van der Waals surface area contributed by atoms with Crippen LogP contribution in [0.3, 0.4) is 0 Å². The minimum absolute atomic E-state index is 0.139. The van der Waals surface area contributed by atoms with Gasteiger partial charge in [0.25, 0.3) is 0 Å². The molecule has 0 fully saturated rings. The van der Waals surface area contributed by atoms with Crippen molar-refractivity contribution in [2.24, 2.45) is 0 Å². The lowest BCUT2D eigenvalue weighted by Crippen LogP contribution is -2.23. The zero-order valence-corrected chi connectivity index (χ0v) is 13.4. The number of ether oxygens (including phenoxy) is 1. The molecule has 2 aromatic rings.